The van der Waals surface area contributed by atoms with Crippen LogP contribution in [0.25, 0.3) is 0 Å². The van der Waals surface area contributed by atoms with E-state index in [0.717, 1.165) is 39.1 Å². The molecule has 1 aromatic heterocycles. The highest BCUT2D eigenvalue weighted by Crippen LogP contribution is 2.31. The molecule has 2 fully saturated rings. The summed E-state index contributed by atoms with van der Waals surface area (Å²) >= 11 is 0. The summed E-state index contributed by atoms with van der Waals surface area (Å²) in [5, 5.41) is 0. The number of aromatic nitrogens is 1. The first-order valence-electron chi connectivity index (χ1n) is 9.33. The van der Waals surface area contributed by atoms with Gasteiger partial charge >= 0.3 is 0 Å². The van der Waals surface area contributed by atoms with Gasteiger partial charge in [0.2, 0.25) is 5.78 Å². The number of carbonyl (C=O) groups is 1. The molecule has 2 aromatic rings. The molecule has 4 rings (SSSR count). The van der Waals surface area contributed by atoms with Gasteiger partial charge in [0.1, 0.15) is 11.2 Å². The number of benzene rings is 1. The Balaban J connectivity index is 1.45. The number of ether oxygens (including phenoxy) is 1. The molecule has 5 nitrogen and oxygen atoms in total. The monoisotopic (exact) mass is 351 g/mol. The molecule has 0 N–H and O–H groups in total. The Labute approximate surface area is 154 Å². The van der Waals surface area contributed by atoms with Crippen molar-refractivity contribution in [1.29, 1.82) is 0 Å². The highest BCUT2D eigenvalue weighted by molar-refractivity contribution is 6.02. The van der Waals surface area contributed by atoms with E-state index in [-0.39, 0.29) is 5.78 Å². The molecule has 0 bridgehead atoms. The molecule has 1 aromatic carbocycles. The van der Waals surface area contributed by atoms with E-state index in [0.29, 0.717) is 18.9 Å². The third-order valence-corrected chi connectivity index (χ3v) is 5.55. The van der Waals surface area contributed by atoms with Gasteiger partial charge in [-0.3, -0.25) is 19.6 Å². The maximum atomic E-state index is 13.2. The number of hydrogen-bond donors (Lipinski definition) is 0. The standard InChI is InChI=1S/C21H25N3O2/c25-20(19-8-4-5-10-22-19)21(9-15-26-17-21)24-13-11-23(12-14-24)16-18-6-2-1-3-7-18/h1-8,10H,9,11-17H2. The minimum Gasteiger partial charge on any atom is -0.379 e. The van der Waals surface area contributed by atoms with Crippen LogP contribution in [0.5, 0.6) is 0 Å². The van der Waals surface area contributed by atoms with Crippen molar-refractivity contribution in [3.05, 3.63) is 66.0 Å². The third-order valence-electron chi connectivity index (χ3n) is 5.55. The number of carbonyl (C=O) groups excluding carboxylic acids is 1. The minimum absolute atomic E-state index is 0.104. The van der Waals surface area contributed by atoms with Crippen molar-refractivity contribution in [2.45, 2.75) is 18.5 Å². The van der Waals surface area contributed by atoms with Crippen molar-refractivity contribution in [2.75, 3.05) is 39.4 Å². The summed E-state index contributed by atoms with van der Waals surface area (Å²) in [6.07, 6.45) is 2.44. The average Bonchev–Trinajstić information content (AvgIpc) is 3.20. The summed E-state index contributed by atoms with van der Waals surface area (Å²) < 4.78 is 5.67. The predicted octanol–water partition coefficient (Wildman–Crippen LogP) is 2.24. The Kier molecular flexibility index (Phi) is 5.11. The molecule has 5 heteroatoms. The molecule has 0 spiro atoms. The predicted molar refractivity (Wildman–Crippen MR) is 100 cm³/mol. The fourth-order valence-electron chi connectivity index (χ4n) is 4.04. The van der Waals surface area contributed by atoms with Gasteiger partial charge in [0.15, 0.2) is 0 Å². The smallest absolute Gasteiger partial charge is 0.203 e. The number of Topliss-reactive ketones (excluding diaryl/α,β-unsaturated/α-hetero) is 1. The number of rotatable bonds is 5. The fraction of sp³-hybridized carbons (Fsp3) is 0.429. The lowest BCUT2D eigenvalue weighted by Crippen LogP contribution is -2.61. The van der Waals surface area contributed by atoms with Gasteiger partial charge in [-0.05, 0) is 24.1 Å². The molecule has 2 saturated heterocycles. The molecule has 2 aliphatic heterocycles. The van der Waals surface area contributed by atoms with Crippen molar-refractivity contribution >= 4 is 5.78 Å². The van der Waals surface area contributed by atoms with Crippen LogP contribution in [0.3, 0.4) is 0 Å². The summed E-state index contributed by atoms with van der Waals surface area (Å²) in [4.78, 5) is 22.3. The quantitative estimate of drug-likeness (QED) is 0.773. The maximum Gasteiger partial charge on any atom is 0.203 e. The van der Waals surface area contributed by atoms with Crippen LogP contribution < -0.4 is 0 Å². The lowest BCUT2D eigenvalue weighted by Gasteiger charge is -2.44. The lowest BCUT2D eigenvalue weighted by atomic mass is 9.88. The number of nitrogens with zero attached hydrogens (tertiary/aromatic N) is 3. The van der Waals surface area contributed by atoms with E-state index >= 15 is 0 Å². The molecule has 1 unspecified atom stereocenters. The fourth-order valence-corrected chi connectivity index (χ4v) is 4.04. The average molecular weight is 351 g/mol. The van der Waals surface area contributed by atoms with Gasteiger partial charge in [0.25, 0.3) is 0 Å². The van der Waals surface area contributed by atoms with Crippen molar-refractivity contribution in [1.82, 2.24) is 14.8 Å². The van der Waals surface area contributed by atoms with Crippen LogP contribution in [0.2, 0.25) is 0 Å². The van der Waals surface area contributed by atoms with Crippen LogP contribution in [0, 0.1) is 0 Å². The van der Waals surface area contributed by atoms with Gasteiger partial charge in [-0.1, -0.05) is 36.4 Å². The summed E-state index contributed by atoms with van der Waals surface area (Å²) in [5.41, 5.74) is 1.34. The van der Waals surface area contributed by atoms with Gasteiger partial charge in [0, 0.05) is 45.5 Å². The second-order valence-corrected chi connectivity index (χ2v) is 7.13. The molecule has 0 aliphatic carbocycles. The second-order valence-electron chi connectivity index (χ2n) is 7.13. The normalized spacial score (nSPS) is 24.6. The number of pyridine rings is 1. The zero-order chi connectivity index (χ0) is 17.8. The molecular weight excluding hydrogens is 326 g/mol. The molecule has 0 amide bonds. The first-order valence-corrected chi connectivity index (χ1v) is 9.33. The molecule has 0 radical (unpaired) electrons. The van der Waals surface area contributed by atoms with Crippen LogP contribution in [0.1, 0.15) is 22.5 Å². The maximum absolute atomic E-state index is 13.2. The van der Waals surface area contributed by atoms with Crippen molar-refractivity contribution in [2.24, 2.45) is 0 Å². The molecule has 2 aliphatic rings. The topological polar surface area (TPSA) is 45.7 Å². The molecule has 3 heterocycles. The summed E-state index contributed by atoms with van der Waals surface area (Å²) in [5.74, 6) is 0.104. The van der Waals surface area contributed by atoms with Crippen molar-refractivity contribution in [3.8, 4) is 0 Å². The highest BCUT2D eigenvalue weighted by Gasteiger charge is 2.48. The number of ketones is 1. The third kappa shape index (κ3) is 3.43. The first kappa shape index (κ1) is 17.3. The first-order chi connectivity index (χ1) is 12.8. The number of piperazine rings is 1. The van der Waals surface area contributed by atoms with E-state index in [2.05, 4.69) is 45.1 Å². The molecular formula is C21H25N3O2. The zero-order valence-corrected chi connectivity index (χ0v) is 15.0. The van der Waals surface area contributed by atoms with E-state index in [9.17, 15) is 4.79 Å². The van der Waals surface area contributed by atoms with Gasteiger partial charge in [-0.2, -0.15) is 0 Å². The second kappa shape index (κ2) is 7.66. The van der Waals surface area contributed by atoms with Crippen molar-refractivity contribution in [3.63, 3.8) is 0 Å². The Morgan fingerprint density at radius 2 is 1.81 bits per heavy atom. The highest BCUT2D eigenvalue weighted by atomic mass is 16.5. The molecule has 26 heavy (non-hydrogen) atoms. The van der Waals surface area contributed by atoms with Gasteiger partial charge < -0.3 is 4.74 Å². The summed E-state index contributed by atoms with van der Waals surface area (Å²) in [6.45, 7) is 5.78. The molecule has 1 atom stereocenters. The Morgan fingerprint density at radius 1 is 1.04 bits per heavy atom. The SMILES string of the molecule is O=C(c1ccccn1)C1(N2CCN(Cc3ccccc3)CC2)CCOC1. The van der Waals surface area contributed by atoms with Crippen LogP contribution in [0.4, 0.5) is 0 Å². The van der Waals surface area contributed by atoms with E-state index in [1.165, 1.54) is 5.56 Å². The van der Waals surface area contributed by atoms with Crippen LogP contribution in [0.15, 0.2) is 54.7 Å². The van der Waals surface area contributed by atoms with E-state index in [4.69, 9.17) is 4.74 Å². The molecule has 0 saturated carbocycles. The van der Waals surface area contributed by atoms with Crippen LogP contribution in [-0.4, -0.2) is 65.5 Å². The van der Waals surface area contributed by atoms with Gasteiger partial charge in [0.05, 0.1) is 6.61 Å². The zero-order valence-electron chi connectivity index (χ0n) is 15.0. The van der Waals surface area contributed by atoms with Gasteiger partial charge in [-0.15, -0.1) is 0 Å². The lowest BCUT2D eigenvalue weighted by molar-refractivity contribution is 0.0209. The van der Waals surface area contributed by atoms with Crippen molar-refractivity contribution < 1.29 is 9.53 Å². The summed E-state index contributed by atoms with van der Waals surface area (Å²) in [6, 6.07) is 16.1. The van der Waals surface area contributed by atoms with Gasteiger partial charge in [-0.25, -0.2) is 0 Å². The summed E-state index contributed by atoms with van der Waals surface area (Å²) in [7, 11) is 0. The van der Waals surface area contributed by atoms with Crippen LogP contribution >= 0.6 is 0 Å². The largest absolute Gasteiger partial charge is 0.379 e. The Hall–Kier alpha value is -2.08. The van der Waals surface area contributed by atoms with Crippen LogP contribution in [-0.2, 0) is 11.3 Å². The minimum atomic E-state index is -0.548. The Bertz CT molecular complexity index is 721. The number of hydrogen-bond acceptors (Lipinski definition) is 5. The Morgan fingerprint density at radius 3 is 2.46 bits per heavy atom. The molecule has 136 valence electrons. The van der Waals surface area contributed by atoms with E-state index < -0.39 is 5.54 Å². The van der Waals surface area contributed by atoms with E-state index in [1.54, 1.807) is 6.20 Å². The van der Waals surface area contributed by atoms with E-state index in [1.807, 2.05) is 18.2 Å².